The van der Waals surface area contributed by atoms with Crippen LogP contribution in [0.2, 0.25) is 0 Å². The number of ether oxygens (including phenoxy) is 1. The van der Waals surface area contributed by atoms with Gasteiger partial charge in [-0.15, -0.1) is 0 Å². The number of fused-ring (bicyclic) bond motifs is 3. The molecule has 0 radical (unpaired) electrons. The number of aliphatic hydroxyl groups is 1. The SMILES string of the molecule is CCc1ccc(CN(CCO)C(=O)OCC2c3ccccc3-c3ccccc32)cc1. The number of hydrogen-bond donors (Lipinski definition) is 1. The molecule has 0 spiro atoms. The molecule has 4 heteroatoms. The fourth-order valence-electron chi connectivity index (χ4n) is 4.14. The van der Waals surface area contributed by atoms with E-state index in [2.05, 4.69) is 43.3 Å². The second-order valence-corrected chi connectivity index (χ2v) is 7.62. The van der Waals surface area contributed by atoms with Crippen LogP contribution in [0.4, 0.5) is 4.79 Å². The number of carbonyl (C=O) groups is 1. The van der Waals surface area contributed by atoms with Crippen molar-refractivity contribution in [3.63, 3.8) is 0 Å². The van der Waals surface area contributed by atoms with Gasteiger partial charge in [-0.2, -0.15) is 0 Å². The third-order valence-corrected chi connectivity index (χ3v) is 5.77. The first kappa shape index (κ1) is 20.2. The van der Waals surface area contributed by atoms with Gasteiger partial charge in [-0.05, 0) is 39.8 Å². The van der Waals surface area contributed by atoms with Gasteiger partial charge in [0.05, 0.1) is 6.61 Å². The maximum Gasteiger partial charge on any atom is 0.410 e. The van der Waals surface area contributed by atoms with Crippen LogP contribution in [0.15, 0.2) is 72.8 Å². The zero-order valence-corrected chi connectivity index (χ0v) is 17.3. The molecule has 4 rings (SSSR count). The molecule has 0 aromatic heterocycles. The lowest BCUT2D eigenvalue weighted by atomic mass is 9.98. The Morgan fingerprint density at radius 3 is 2.03 bits per heavy atom. The molecule has 1 amide bonds. The molecule has 0 atom stereocenters. The summed E-state index contributed by atoms with van der Waals surface area (Å²) in [5, 5.41) is 9.44. The Labute approximate surface area is 177 Å². The van der Waals surface area contributed by atoms with Crippen LogP contribution in [0.1, 0.15) is 35.1 Å². The summed E-state index contributed by atoms with van der Waals surface area (Å²) in [4.78, 5) is 14.4. The highest BCUT2D eigenvalue weighted by Crippen LogP contribution is 2.44. The molecule has 1 aliphatic carbocycles. The number of rotatable bonds is 7. The van der Waals surface area contributed by atoms with Gasteiger partial charge in [-0.3, -0.25) is 0 Å². The summed E-state index contributed by atoms with van der Waals surface area (Å²) in [5.74, 6) is 0.0289. The first-order valence-corrected chi connectivity index (χ1v) is 10.5. The monoisotopic (exact) mass is 401 g/mol. The molecule has 0 saturated heterocycles. The standard InChI is InChI=1S/C26H27NO3/c1-2-19-11-13-20(14-12-19)17-27(15-16-28)26(29)30-18-25-23-9-5-3-7-21(23)22-8-4-6-10-24(22)25/h3-14,25,28H,2,15-18H2,1H3. The van der Waals surface area contributed by atoms with E-state index in [1.54, 1.807) is 4.90 Å². The lowest BCUT2D eigenvalue weighted by Gasteiger charge is -2.23. The molecular formula is C26H27NO3. The normalized spacial score (nSPS) is 12.3. The predicted molar refractivity (Wildman–Crippen MR) is 118 cm³/mol. The van der Waals surface area contributed by atoms with E-state index in [4.69, 9.17) is 4.74 Å². The molecule has 1 N–H and O–H groups in total. The van der Waals surface area contributed by atoms with Crippen LogP contribution in [-0.2, 0) is 17.7 Å². The van der Waals surface area contributed by atoms with Crippen molar-refractivity contribution in [2.75, 3.05) is 19.8 Å². The summed E-state index contributed by atoms with van der Waals surface area (Å²) >= 11 is 0. The molecule has 30 heavy (non-hydrogen) atoms. The number of benzene rings is 3. The maximum atomic E-state index is 12.8. The molecule has 0 unspecified atom stereocenters. The van der Waals surface area contributed by atoms with Gasteiger partial charge in [0.2, 0.25) is 0 Å². The Balaban J connectivity index is 1.47. The largest absolute Gasteiger partial charge is 0.448 e. The molecule has 0 saturated carbocycles. The van der Waals surface area contributed by atoms with Gasteiger partial charge in [-0.25, -0.2) is 4.79 Å². The first-order chi connectivity index (χ1) is 14.7. The zero-order chi connectivity index (χ0) is 20.9. The fourth-order valence-corrected chi connectivity index (χ4v) is 4.14. The zero-order valence-electron chi connectivity index (χ0n) is 17.3. The lowest BCUT2D eigenvalue weighted by molar-refractivity contribution is 0.0891. The molecule has 1 aliphatic rings. The van der Waals surface area contributed by atoms with E-state index in [1.165, 1.54) is 27.8 Å². The summed E-state index contributed by atoms with van der Waals surface area (Å²) in [6.45, 7) is 2.96. The topological polar surface area (TPSA) is 49.8 Å². The average molecular weight is 402 g/mol. The number of carbonyl (C=O) groups excluding carboxylic acids is 1. The van der Waals surface area contributed by atoms with Gasteiger partial charge in [-0.1, -0.05) is 79.7 Å². The average Bonchev–Trinajstić information content (AvgIpc) is 3.11. The second kappa shape index (κ2) is 9.14. The Morgan fingerprint density at radius 1 is 0.900 bits per heavy atom. The Kier molecular flexibility index (Phi) is 6.15. The third-order valence-electron chi connectivity index (χ3n) is 5.77. The van der Waals surface area contributed by atoms with Crippen LogP contribution in [0.3, 0.4) is 0 Å². The predicted octanol–water partition coefficient (Wildman–Crippen LogP) is 4.99. The minimum absolute atomic E-state index is 0.0289. The van der Waals surface area contributed by atoms with Crippen molar-refractivity contribution in [3.05, 3.63) is 95.1 Å². The molecule has 0 bridgehead atoms. The molecule has 3 aromatic rings. The van der Waals surface area contributed by atoms with Gasteiger partial charge >= 0.3 is 6.09 Å². The highest BCUT2D eigenvalue weighted by atomic mass is 16.6. The number of aryl methyl sites for hydroxylation is 1. The van der Waals surface area contributed by atoms with Crippen LogP contribution in [0.25, 0.3) is 11.1 Å². The smallest absolute Gasteiger partial charge is 0.410 e. The van der Waals surface area contributed by atoms with E-state index >= 15 is 0 Å². The van der Waals surface area contributed by atoms with E-state index in [0.29, 0.717) is 6.54 Å². The third kappa shape index (κ3) is 4.10. The fraction of sp³-hybridized carbons (Fsp3) is 0.269. The number of amides is 1. The quantitative estimate of drug-likeness (QED) is 0.607. The molecule has 0 fully saturated rings. The van der Waals surface area contributed by atoms with E-state index in [1.807, 2.05) is 36.4 Å². The number of aliphatic hydroxyl groups excluding tert-OH is 1. The van der Waals surface area contributed by atoms with E-state index in [0.717, 1.165) is 12.0 Å². The first-order valence-electron chi connectivity index (χ1n) is 10.5. The molecule has 3 aromatic carbocycles. The van der Waals surface area contributed by atoms with Crippen molar-refractivity contribution in [1.82, 2.24) is 4.90 Å². The summed E-state index contributed by atoms with van der Waals surface area (Å²) in [5.41, 5.74) is 7.07. The molecule has 154 valence electrons. The summed E-state index contributed by atoms with van der Waals surface area (Å²) in [6, 6.07) is 24.8. The number of nitrogens with zero attached hydrogens (tertiary/aromatic N) is 1. The van der Waals surface area contributed by atoms with E-state index in [9.17, 15) is 9.90 Å². The summed E-state index contributed by atoms with van der Waals surface area (Å²) in [7, 11) is 0. The van der Waals surface area contributed by atoms with Gasteiger partial charge < -0.3 is 14.7 Å². The minimum atomic E-state index is -0.398. The molecule has 0 aliphatic heterocycles. The van der Waals surface area contributed by atoms with Crippen LogP contribution < -0.4 is 0 Å². The Bertz CT molecular complexity index is 967. The Morgan fingerprint density at radius 2 is 1.47 bits per heavy atom. The van der Waals surface area contributed by atoms with Crippen LogP contribution in [0, 0.1) is 0 Å². The van der Waals surface area contributed by atoms with Gasteiger partial charge in [0.15, 0.2) is 0 Å². The molecule has 0 heterocycles. The molecular weight excluding hydrogens is 374 g/mol. The highest BCUT2D eigenvalue weighted by Gasteiger charge is 2.29. The highest BCUT2D eigenvalue weighted by molar-refractivity contribution is 5.79. The Hall–Kier alpha value is -3.11. The lowest BCUT2D eigenvalue weighted by Crippen LogP contribution is -2.34. The van der Waals surface area contributed by atoms with Crippen LogP contribution in [0.5, 0.6) is 0 Å². The van der Waals surface area contributed by atoms with Crippen molar-refractivity contribution in [1.29, 1.82) is 0 Å². The van der Waals surface area contributed by atoms with E-state index < -0.39 is 6.09 Å². The summed E-state index contributed by atoms with van der Waals surface area (Å²) < 4.78 is 5.75. The van der Waals surface area contributed by atoms with Crippen molar-refractivity contribution in [2.24, 2.45) is 0 Å². The summed E-state index contributed by atoms with van der Waals surface area (Å²) in [6.07, 6.45) is 0.581. The van der Waals surface area contributed by atoms with Crippen molar-refractivity contribution < 1.29 is 14.6 Å². The maximum absolute atomic E-state index is 12.8. The molecule has 4 nitrogen and oxygen atoms in total. The van der Waals surface area contributed by atoms with Crippen molar-refractivity contribution in [2.45, 2.75) is 25.8 Å². The van der Waals surface area contributed by atoms with E-state index in [-0.39, 0.29) is 25.7 Å². The number of hydrogen-bond acceptors (Lipinski definition) is 3. The van der Waals surface area contributed by atoms with Gasteiger partial charge in [0, 0.05) is 19.0 Å². The van der Waals surface area contributed by atoms with Crippen molar-refractivity contribution >= 4 is 6.09 Å². The second-order valence-electron chi connectivity index (χ2n) is 7.62. The van der Waals surface area contributed by atoms with Crippen LogP contribution in [-0.4, -0.2) is 35.9 Å². The minimum Gasteiger partial charge on any atom is -0.448 e. The van der Waals surface area contributed by atoms with Gasteiger partial charge in [0.1, 0.15) is 6.61 Å². The van der Waals surface area contributed by atoms with Crippen LogP contribution >= 0.6 is 0 Å². The van der Waals surface area contributed by atoms with Gasteiger partial charge in [0.25, 0.3) is 0 Å². The van der Waals surface area contributed by atoms with Crippen molar-refractivity contribution in [3.8, 4) is 11.1 Å².